The zero-order valence-electron chi connectivity index (χ0n) is 10.8. The van der Waals surface area contributed by atoms with Crippen LogP contribution in [-0.2, 0) is 0 Å². The fraction of sp³-hybridized carbons (Fsp3) is 0.133. The predicted molar refractivity (Wildman–Crippen MR) is 79.7 cm³/mol. The first-order chi connectivity index (χ1) is 9.60. The first-order valence-corrected chi connectivity index (χ1v) is 6.88. The van der Waals surface area contributed by atoms with Crippen molar-refractivity contribution in [3.05, 3.63) is 58.3 Å². The normalized spacial score (nSPS) is 10.2. The van der Waals surface area contributed by atoms with Crippen molar-refractivity contribution in [3.63, 3.8) is 0 Å². The monoisotopic (exact) mass is 337 g/mol. The van der Waals surface area contributed by atoms with E-state index in [1.54, 1.807) is 30.3 Å². The molecule has 0 radical (unpaired) electrons. The van der Waals surface area contributed by atoms with Gasteiger partial charge in [0.2, 0.25) is 0 Å². The molecule has 0 saturated heterocycles. The lowest BCUT2D eigenvalue weighted by Crippen LogP contribution is -2.12. The number of halogens is 2. The van der Waals surface area contributed by atoms with Crippen LogP contribution in [0.5, 0.6) is 5.75 Å². The Labute approximate surface area is 124 Å². The number of ether oxygens (including phenoxy) is 1. The van der Waals surface area contributed by atoms with Crippen LogP contribution >= 0.6 is 15.9 Å². The van der Waals surface area contributed by atoms with Gasteiger partial charge in [-0.2, -0.15) is 0 Å². The van der Waals surface area contributed by atoms with Gasteiger partial charge in [0, 0.05) is 11.3 Å². The molecule has 0 saturated carbocycles. The summed E-state index contributed by atoms with van der Waals surface area (Å²) >= 11 is 3.05. The lowest BCUT2D eigenvalue weighted by molar-refractivity contribution is 0.102. The molecule has 0 bridgehead atoms. The van der Waals surface area contributed by atoms with Gasteiger partial charge in [0.15, 0.2) is 0 Å². The minimum absolute atomic E-state index is 0.264. The summed E-state index contributed by atoms with van der Waals surface area (Å²) in [6.07, 6.45) is 0. The molecule has 2 aromatic rings. The third kappa shape index (κ3) is 3.57. The average molecular weight is 338 g/mol. The first kappa shape index (κ1) is 14.5. The van der Waals surface area contributed by atoms with E-state index in [4.69, 9.17) is 4.74 Å². The molecule has 2 aromatic carbocycles. The number of anilines is 1. The summed E-state index contributed by atoms with van der Waals surface area (Å²) in [4.78, 5) is 12.0. The summed E-state index contributed by atoms with van der Waals surface area (Å²) < 4.78 is 19.0. The summed E-state index contributed by atoms with van der Waals surface area (Å²) in [5.41, 5.74) is 0.890. The van der Waals surface area contributed by atoms with Crippen LogP contribution in [-0.4, -0.2) is 12.5 Å². The van der Waals surface area contributed by atoms with Gasteiger partial charge < -0.3 is 10.1 Å². The molecule has 1 N–H and O–H groups in total. The number of carbonyl (C=O) groups is 1. The van der Waals surface area contributed by atoms with Crippen molar-refractivity contribution in [1.82, 2.24) is 0 Å². The van der Waals surface area contributed by atoms with E-state index in [0.29, 0.717) is 16.8 Å². The van der Waals surface area contributed by atoms with Crippen LogP contribution in [0.1, 0.15) is 17.3 Å². The first-order valence-electron chi connectivity index (χ1n) is 6.09. The highest BCUT2D eigenvalue weighted by Crippen LogP contribution is 2.19. The van der Waals surface area contributed by atoms with Crippen LogP contribution in [0.25, 0.3) is 0 Å². The maximum Gasteiger partial charge on any atom is 0.255 e. The van der Waals surface area contributed by atoms with Gasteiger partial charge in [-0.25, -0.2) is 4.39 Å². The number of rotatable bonds is 4. The van der Waals surface area contributed by atoms with Crippen LogP contribution < -0.4 is 10.1 Å². The highest BCUT2D eigenvalue weighted by atomic mass is 79.9. The Hall–Kier alpha value is -1.88. The van der Waals surface area contributed by atoms with Crippen LogP contribution in [0.3, 0.4) is 0 Å². The van der Waals surface area contributed by atoms with E-state index in [-0.39, 0.29) is 11.5 Å². The number of amides is 1. The van der Waals surface area contributed by atoms with Crippen molar-refractivity contribution in [1.29, 1.82) is 0 Å². The molecule has 0 aliphatic heterocycles. The van der Waals surface area contributed by atoms with Gasteiger partial charge in [0.05, 0.1) is 11.1 Å². The molecule has 2 rings (SSSR count). The molecular formula is C15H13BrFNO2. The van der Waals surface area contributed by atoms with Crippen LogP contribution in [0, 0.1) is 5.82 Å². The number of benzene rings is 2. The molecule has 0 atom stereocenters. The smallest absolute Gasteiger partial charge is 0.255 e. The van der Waals surface area contributed by atoms with E-state index in [1.165, 1.54) is 12.1 Å². The molecule has 0 aliphatic rings. The second kappa shape index (κ2) is 6.52. The van der Waals surface area contributed by atoms with Gasteiger partial charge in [-0.15, -0.1) is 0 Å². The number of hydrogen-bond donors (Lipinski definition) is 1. The van der Waals surface area contributed by atoms with Crippen molar-refractivity contribution in [3.8, 4) is 5.75 Å². The van der Waals surface area contributed by atoms with Crippen molar-refractivity contribution in [2.24, 2.45) is 0 Å². The third-order valence-corrected chi connectivity index (χ3v) is 3.25. The highest BCUT2D eigenvalue weighted by molar-refractivity contribution is 9.10. The van der Waals surface area contributed by atoms with Gasteiger partial charge in [0.25, 0.3) is 5.91 Å². The van der Waals surface area contributed by atoms with Crippen molar-refractivity contribution in [2.75, 3.05) is 11.9 Å². The molecule has 5 heteroatoms. The highest BCUT2D eigenvalue weighted by Gasteiger charge is 2.09. The maximum atomic E-state index is 13.4. The summed E-state index contributed by atoms with van der Waals surface area (Å²) in [7, 11) is 0. The largest absolute Gasteiger partial charge is 0.494 e. The van der Waals surface area contributed by atoms with E-state index in [0.717, 1.165) is 5.75 Å². The Bertz CT molecular complexity index is 614. The summed E-state index contributed by atoms with van der Waals surface area (Å²) in [5.74, 6) is -0.0925. The van der Waals surface area contributed by atoms with Gasteiger partial charge in [-0.1, -0.05) is 0 Å². The average Bonchev–Trinajstić information content (AvgIpc) is 2.44. The molecule has 20 heavy (non-hydrogen) atoms. The molecule has 104 valence electrons. The zero-order valence-corrected chi connectivity index (χ0v) is 12.4. The summed E-state index contributed by atoms with van der Waals surface area (Å²) in [6.45, 7) is 2.49. The molecule has 0 heterocycles. The molecular weight excluding hydrogens is 325 g/mol. The quantitative estimate of drug-likeness (QED) is 0.906. The number of nitrogens with one attached hydrogen (secondary N) is 1. The lowest BCUT2D eigenvalue weighted by Gasteiger charge is -2.07. The zero-order chi connectivity index (χ0) is 14.5. The fourth-order valence-electron chi connectivity index (χ4n) is 1.64. The topological polar surface area (TPSA) is 38.3 Å². The number of hydrogen-bond acceptors (Lipinski definition) is 2. The maximum absolute atomic E-state index is 13.4. The van der Waals surface area contributed by atoms with Gasteiger partial charge >= 0.3 is 0 Å². The standard InChI is InChI=1S/C15H13BrFNO2/c1-2-20-12-6-4-11(5-7-12)18-15(19)10-3-8-13(16)14(17)9-10/h3-9H,2H2,1H3,(H,18,19). The Balaban J connectivity index is 2.08. The summed E-state index contributed by atoms with van der Waals surface area (Å²) in [6, 6.07) is 11.2. The number of carbonyl (C=O) groups excluding carboxylic acids is 1. The van der Waals surface area contributed by atoms with E-state index in [2.05, 4.69) is 21.2 Å². The van der Waals surface area contributed by atoms with Crippen LogP contribution in [0.2, 0.25) is 0 Å². The Morgan fingerprint density at radius 1 is 1.25 bits per heavy atom. The van der Waals surface area contributed by atoms with Crippen molar-refractivity contribution in [2.45, 2.75) is 6.92 Å². The predicted octanol–water partition coefficient (Wildman–Crippen LogP) is 4.24. The SMILES string of the molecule is CCOc1ccc(NC(=O)c2ccc(Br)c(F)c2)cc1. The van der Waals surface area contributed by atoms with Gasteiger partial charge in [0.1, 0.15) is 11.6 Å². The van der Waals surface area contributed by atoms with E-state index >= 15 is 0 Å². The minimum Gasteiger partial charge on any atom is -0.494 e. The second-order valence-corrected chi connectivity index (χ2v) is 4.89. The molecule has 3 nitrogen and oxygen atoms in total. The third-order valence-electron chi connectivity index (χ3n) is 2.60. The summed E-state index contributed by atoms with van der Waals surface area (Å²) in [5, 5.41) is 2.70. The second-order valence-electron chi connectivity index (χ2n) is 4.04. The Kier molecular flexibility index (Phi) is 4.74. The van der Waals surface area contributed by atoms with Gasteiger partial charge in [-0.05, 0) is 65.3 Å². The van der Waals surface area contributed by atoms with Crippen LogP contribution in [0.15, 0.2) is 46.9 Å². The van der Waals surface area contributed by atoms with Crippen LogP contribution in [0.4, 0.5) is 10.1 Å². The van der Waals surface area contributed by atoms with Crippen molar-refractivity contribution < 1.29 is 13.9 Å². The van der Waals surface area contributed by atoms with E-state index in [1.807, 2.05) is 6.92 Å². The molecule has 0 aliphatic carbocycles. The van der Waals surface area contributed by atoms with E-state index in [9.17, 15) is 9.18 Å². The Morgan fingerprint density at radius 2 is 1.95 bits per heavy atom. The minimum atomic E-state index is -0.468. The fourth-order valence-corrected chi connectivity index (χ4v) is 1.89. The molecule has 0 unspecified atom stereocenters. The molecule has 0 spiro atoms. The van der Waals surface area contributed by atoms with E-state index < -0.39 is 5.82 Å². The Morgan fingerprint density at radius 3 is 2.55 bits per heavy atom. The molecule has 0 aromatic heterocycles. The molecule has 0 fully saturated rings. The lowest BCUT2D eigenvalue weighted by atomic mass is 10.2. The molecule has 1 amide bonds. The van der Waals surface area contributed by atoms with Gasteiger partial charge in [-0.3, -0.25) is 4.79 Å². The van der Waals surface area contributed by atoms with Crippen molar-refractivity contribution >= 4 is 27.5 Å².